The molecule has 1 aliphatic heterocycles. The molecule has 1 atom stereocenters. The van der Waals surface area contributed by atoms with E-state index in [-0.39, 0.29) is 11.4 Å². The predicted octanol–water partition coefficient (Wildman–Crippen LogP) is 1.73. The van der Waals surface area contributed by atoms with Crippen LogP contribution in [-0.2, 0) is 15.8 Å². The number of nitro groups is 1. The molecule has 2 heterocycles. The number of rotatable bonds is 3. The number of carbonyl (C=O) groups is 2. The third kappa shape index (κ3) is 3.31. The molecule has 0 bridgehead atoms. The maximum atomic E-state index is 12.7. The molecule has 0 spiro atoms. The molecule has 1 aromatic heterocycles. The van der Waals surface area contributed by atoms with Crippen molar-refractivity contribution in [2.45, 2.75) is 18.6 Å². The Labute approximate surface area is 142 Å². The Balaban J connectivity index is 1.85. The number of nitro benzene ring substituents is 1. The average molecular weight is 370 g/mol. The van der Waals surface area contributed by atoms with Crippen LogP contribution in [0.5, 0.6) is 0 Å². The smallest absolute Gasteiger partial charge is 0.324 e. The Morgan fingerprint density at radius 3 is 2.58 bits per heavy atom. The molecule has 2 N–H and O–H groups in total. The fourth-order valence-corrected chi connectivity index (χ4v) is 2.28. The van der Waals surface area contributed by atoms with E-state index < -0.39 is 47.1 Å². The number of anilines is 2. The van der Waals surface area contributed by atoms with E-state index in [1.165, 1.54) is 12.1 Å². The third-order valence-electron chi connectivity index (χ3n) is 3.46. The molecule has 0 aliphatic carbocycles. The Hall–Kier alpha value is -3.51. The Morgan fingerprint density at radius 1 is 1.35 bits per heavy atom. The number of hydrogen-bond donors (Lipinski definition) is 2. The van der Waals surface area contributed by atoms with Crippen molar-refractivity contribution < 1.29 is 27.7 Å². The van der Waals surface area contributed by atoms with Gasteiger partial charge < -0.3 is 5.32 Å². The normalized spacial score (nSPS) is 16.6. The molecule has 0 radical (unpaired) electrons. The predicted molar refractivity (Wildman–Crippen MR) is 79.0 cm³/mol. The molecule has 0 saturated carbocycles. The minimum absolute atomic E-state index is 0.171. The van der Waals surface area contributed by atoms with Gasteiger partial charge >= 0.3 is 6.18 Å². The minimum atomic E-state index is -4.84. The van der Waals surface area contributed by atoms with Gasteiger partial charge in [0.1, 0.15) is 6.04 Å². The zero-order valence-electron chi connectivity index (χ0n) is 12.6. The number of hydrogen-bond acceptors (Lipinski definition) is 6. The van der Waals surface area contributed by atoms with Crippen molar-refractivity contribution in [1.29, 1.82) is 0 Å². The number of alkyl halides is 3. The van der Waals surface area contributed by atoms with Gasteiger partial charge in [0, 0.05) is 17.8 Å². The van der Waals surface area contributed by atoms with E-state index in [4.69, 9.17) is 0 Å². The van der Waals surface area contributed by atoms with Crippen molar-refractivity contribution in [2.24, 2.45) is 0 Å². The standard InChI is InChI=1S/C13H9F3N6O4/c14-13(15,16)11-19-12-18-9(23)5-8(21(12)20-11)10(24)17-6-1-3-7(4-2-6)22(25)26/h1-4,8H,5H2,(H,17,24)(H,18,19,20,23). The van der Waals surface area contributed by atoms with Crippen molar-refractivity contribution in [3.05, 3.63) is 40.2 Å². The topological polar surface area (TPSA) is 132 Å². The number of aromatic nitrogens is 3. The first kappa shape index (κ1) is 17.3. The first-order chi connectivity index (χ1) is 12.1. The largest absolute Gasteiger partial charge is 0.453 e. The van der Waals surface area contributed by atoms with Gasteiger partial charge in [0.25, 0.3) is 11.5 Å². The Kier molecular flexibility index (Phi) is 4.06. The Bertz CT molecular complexity index is 892. The van der Waals surface area contributed by atoms with Crippen molar-refractivity contribution in [2.75, 3.05) is 10.6 Å². The third-order valence-corrected chi connectivity index (χ3v) is 3.46. The van der Waals surface area contributed by atoms with Crippen LogP contribution in [0.3, 0.4) is 0 Å². The number of carbonyl (C=O) groups excluding carboxylic acids is 2. The van der Waals surface area contributed by atoms with Gasteiger partial charge in [0.2, 0.25) is 17.8 Å². The second-order valence-electron chi connectivity index (χ2n) is 5.26. The van der Waals surface area contributed by atoms with Gasteiger partial charge in [-0.25, -0.2) is 4.68 Å². The van der Waals surface area contributed by atoms with Crippen LogP contribution < -0.4 is 10.6 Å². The quantitative estimate of drug-likeness (QED) is 0.625. The zero-order valence-corrected chi connectivity index (χ0v) is 12.6. The average Bonchev–Trinajstić information content (AvgIpc) is 2.98. The van der Waals surface area contributed by atoms with Gasteiger partial charge in [-0.3, -0.25) is 25.0 Å². The minimum Gasteiger partial charge on any atom is -0.324 e. The number of benzene rings is 1. The number of fused-ring (bicyclic) bond motifs is 1. The lowest BCUT2D eigenvalue weighted by Gasteiger charge is -2.22. The number of halogens is 3. The van der Waals surface area contributed by atoms with Crippen LogP contribution in [0.15, 0.2) is 24.3 Å². The van der Waals surface area contributed by atoms with Crippen molar-refractivity contribution in [3.63, 3.8) is 0 Å². The van der Waals surface area contributed by atoms with E-state index in [1.54, 1.807) is 0 Å². The molecule has 1 unspecified atom stereocenters. The number of nitrogens with one attached hydrogen (secondary N) is 2. The lowest BCUT2D eigenvalue weighted by atomic mass is 10.1. The number of nitrogens with zero attached hydrogens (tertiary/aromatic N) is 4. The Morgan fingerprint density at radius 2 is 2.00 bits per heavy atom. The van der Waals surface area contributed by atoms with Crippen LogP contribution in [-0.4, -0.2) is 31.5 Å². The van der Waals surface area contributed by atoms with E-state index in [0.717, 1.165) is 12.1 Å². The summed E-state index contributed by atoms with van der Waals surface area (Å²) in [6, 6.07) is 3.44. The lowest BCUT2D eigenvalue weighted by Crippen LogP contribution is -2.36. The van der Waals surface area contributed by atoms with Crippen LogP contribution in [0, 0.1) is 10.1 Å². The van der Waals surface area contributed by atoms with E-state index in [2.05, 4.69) is 20.7 Å². The van der Waals surface area contributed by atoms with Gasteiger partial charge in [-0.2, -0.15) is 18.2 Å². The van der Waals surface area contributed by atoms with E-state index in [0.29, 0.717) is 4.68 Å². The molecular formula is C13H9F3N6O4. The lowest BCUT2D eigenvalue weighted by molar-refractivity contribution is -0.384. The number of non-ortho nitro benzene ring substituents is 1. The van der Waals surface area contributed by atoms with Crippen molar-refractivity contribution in [1.82, 2.24) is 14.8 Å². The van der Waals surface area contributed by atoms with E-state index >= 15 is 0 Å². The van der Waals surface area contributed by atoms with Crippen molar-refractivity contribution >= 4 is 29.1 Å². The maximum Gasteiger partial charge on any atom is 0.453 e. The molecule has 2 aromatic rings. The van der Waals surface area contributed by atoms with Crippen LogP contribution in [0.2, 0.25) is 0 Å². The fourth-order valence-electron chi connectivity index (χ4n) is 2.28. The van der Waals surface area contributed by atoms with Crippen LogP contribution in [0.25, 0.3) is 0 Å². The van der Waals surface area contributed by atoms with E-state index in [1.807, 2.05) is 0 Å². The highest BCUT2D eigenvalue weighted by molar-refractivity contribution is 6.00. The molecule has 10 nitrogen and oxygen atoms in total. The van der Waals surface area contributed by atoms with Crippen LogP contribution >= 0.6 is 0 Å². The second-order valence-corrected chi connectivity index (χ2v) is 5.26. The van der Waals surface area contributed by atoms with Gasteiger partial charge in [0.05, 0.1) is 11.3 Å². The summed E-state index contributed by atoms with van der Waals surface area (Å²) in [6.07, 6.45) is -5.28. The summed E-state index contributed by atoms with van der Waals surface area (Å²) in [5, 5.41) is 18.3. The first-order valence-electron chi connectivity index (χ1n) is 7.04. The number of amides is 2. The molecule has 1 aliphatic rings. The van der Waals surface area contributed by atoms with Gasteiger partial charge in [-0.15, -0.1) is 5.10 Å². The van der Waals surface area contributed by atoms with Crippen LogP contribution in [0.4, 0.5) is 30.5 Å². The summed E-state index contributed by atoms with van der Waals surface area (Å²) in [7, 11) is 0. The molecular weight excluding hydrogens is 361 g/mol. The molecule has 13 heteroatoms. The van der Waals surface area contributed by atoms with E-state index in [9.17, 15) is 32.9 Å². The summed E-state index contributed by atoms with van der Waals surface area (Å²) >= 11 is 0. The molecule has 0 saturated heterocycles. The maximum absolute atomic E-state index is 12.7. The molecule has 136 valence electrons. The molecule has 1 aromatic carbocycles. The summed E-state index contributed by atoms with van der Waals surface area (Å²) in [6.45, 7) is 0. The fraction of sp³-hybridized carbons (Fsp3) is 0.231. The van der Waals surface area contributed by atoms with Gasteiger partial charge in [-0.05, 0) is 12.1 Å². The monoisotopic (exact) mass is 370 g/mol. The van der Waals surface area contributed by atoms with Gasteiger partial charge in [-0.1, -0.05) is 0 Å². The molecule has 3 rings (SSSR count). The van der Waals surface area contributed by atoms with Crippen molar-refractivity contribution in [3.8, 4) is 0 Å². The molecule has 0 fully saturated rings. The SMILES string of the molecule is O=C1CC(C(=O)Nc2ccc([N+](=O)[O-])cc2)n2nc(C(F)(F)F)nc2N1. The summed E-state index contributed by atoms with van der Waals surface area (Å²) in [4.78, 5) is 37.2. The highest BCUT2D eigenvalue weighted by Crippen LogP contribution is 2.31. The second kappa shape index (κ2) is 6.09. The highest BCUT2D eigenvalue weighted by atomic mass is 19.4. The van der Waals surface area contributed by atoms with Gasteiger partial charge in [0.15, 0.2) is 0 Å². The highest BCUT2D eigenvalue weighted by Gasteiger charge is 2.41. The van der Waals surface area contributed by atoms with Crippen LogP contribution in [0.1, 0.15) is 18.3 Å². The zero-order chi connectivity index (χ0) is 19.1. The molecule has 26 heavy (non-hydrogen) atoms. The summed E-state index contributed by atoms with van der Waals surface area (Å²) in [5.74, 6) is -3.48. The summed E-state index contributed by atoms with van der Waals surface area (Å²) < 4.78 is 38.9. The summed E-state index contributed by atoms with van der Waals surface area (Å²) in [5.41, 5.74) is -0.0299. The first-order valence-corrected chi connectivity index (χ1v) is 7.04. The molecule has 2 amide bonds.